The van der Waals surface area contributed by atoms with Crippen molar-refractivity contribution in [2.45, 2.75) is 38.5 Å². The van der Waals surface area contributed by atoms with E-state index in [9.17, 15) is 4.79 Å². The van der Waals surface area contributed by atoms with Crippen LogP contribution in [0.15, 0.2) is 24.3 Å². The van der Waals surface area contributed by atoms with Crippen LogP contribution < -0.4 is 9.47 Å². The summed E-state index contributed by atoms with van der Waals surface area (Å²) in [4.78, 5) is 15.1. The molecule has 6 heteroatoms. The molecular formula is C21H27N3O3. The van der Waals surface area contributed by atoms with Crippen molar-refractivity contribution < 1.29 is 14.3 Å². The van der Waals surface area contributed by atoms with Gasteiger partial charge in [-0.2, -0.15) is 5.10 Å². The van der Waals surface area contributed by atoms with E-state index in [1.165, 1.54) is 0 Å². The van der Waals surface area contributed by atoms with E-state index >= 15 is 0 Å². The Bertz CT molecular complexity index is 813. The number of rotatable bonds is 6. The Morgan fingerprint density at radius 1 is 1.30 bits per heavy atom. The zero-order valence-corrected chi connectivity index (χ0v) is 16.0. The Balaban J connectivity index is 1.39. The van der Waals surface area contributed by atoms with Crippen LogP contribution in [0.4, 0.5) is 0 Å². The maximum atomic E-state index is 13.1. The number of H-pyrrole nitrogens is 1. The van der Waals surface area contributed by atoms with Crippen LogP contribution in [0.5, 0.6) is 11.5 Å². The van der Waals surface area contributed by atoms with Gasteiger partial charge >= 0.3 is 0 Å². The van der Waals surface area contributed by atoms with Crippen molar-refractivity contribution in [1.29, 1.82) is 0 Å². The summed E-state index contributed by atoms with van der Waals surface area (Å²) >= 11 is 0. The van der Waals surface area contributed by atoms with Crippen molar-refractivity contribution in [3.63, 3.8) is 0 Å². The lowest BCUT2D eigenvalue weighted by Crippen LogP contribution is -2.42. The van der Waals surface area contributed by atoms with Gasteiger partial charge in [-0.15, -0.1) is 0 Å². The minimum absolute atomic E-state index is 0.120. The summed E-state index contributed by atoms with van der Waals surface area (Å²) in [5.74, 6) is 2.51. The van der Waals surface area contributed by atoms with Gasteiger partial charge in [-0.3, -0.25) is 9.89 Å². The molecule has 6 nitrogen and oxygen atoms in total. The van der Waals surface area contributed by atoms with Crippen LogP contribution in [-0.4, -0.2) is 47.8 Å². The van der Waals surface area contributed by atoms with E-state index in [4.69, 9.17) is 9.47 Å². The Labute approximate surface area is 159 Å². The highest BCUT2D eigenvalue weighted by atomic mass is 16.5. The number of aromatic amines is 1. The van der Waals surface area contributed by atoms with Gasteiger partial charge in [0.2, 0.25) is 0 Å². The van der Waals surface area contributed by atoms with Crippen LogP contribution >= 0.6 is 0 Å². The number of benzene rings is 1. The van der Waals surface area contributed by atoms with Gasteiger partial charge in [-0.05, 0) is 44.7 Å². The predicted octanol–water partition coefficient (Wildman–Crippen LogP) is 3.54. The van der Waals surface area contributed by atoms with Crippen molar-refractivity contribution in [2.75, 3.05) is 26.8 Å². The number of hydrogen-bond acceptors (Lipinski definition) is 4. The van der Waals surface area contributed by atoms with Gasteiger partial charge in [-0.25, -0.2) is 0 Å². The summed E-state index contributed by atoms with van der Waals surface area (Å²) in [6.07, 6.45) is 4.37. The molecule has 144 valence electrons. The lowest BCUT2D eigenvalue weighted by molar-refractivity contribution is 0.0631. The first-order chi connectivity index (χ1) is 13.2. The van der Waals surface area contributed by atoms with E-state index in [0.717, 1.165) is 67.2 Å². The molecule has 0 radical (unpaired) electrons. The smallest absolute Gasteiger partial charge is 0.257 e. The monoisotopic (exact) mass is 369 g/mol. The Hall–Kier alpha value is -2.50. The summed E-state index contributed by atoms with van der Waals surface area (Å²) in [5, 5.41) is 7.41. The average molecular weight is 369 g/mol. The molecule has 1 unspecified atom stereocenters. The Morgan fingerprint density at radius 3 is 2.89 bits per heavy atom. The number of amides is 1. The number of carbonyl (C=O) groups is 1. The number of aryl methyl sites for hydroxylation is 1. The minimum atomic E-state index is 0.120. The number of hydrogen-bond donors (Lipinski definition) is 1. The van der Waals surface area contributed by atoms with Crippen LogP contribution in [0.25, 0.3) is 0 Å². The highest BCUT2D eigenvalue weighted by Crippen LogP contribution is 2.41. The van der Waals surface area contributed by atoms with Crippen molar-refractivity contribution >= 4 is 5.91 Å². The maximum absolute atomic E-state index is 13.1. The molecule has 1 aliphatic heterocycles. The van der Waals surface area contributed by atoms with Gasteiger partial charge in [0.05, 0.1) is 25.0 Å². The predicted molar refractivity (Wildman–Crippen MR) is 102 cm³/mol. The van der Waals surface area contributed by atoms with Crippen molar-refractivity contribution in [1.82, 2.24) is 15.1 Å². The molecule has 4 rings (SSSR count). The SMILES string of the molecule is COc1cccc(OCC2CCCN(C(=O)c3c(C4CC4)n[nH]c3C)C2)c1. The lowest BCUT2D eigenvalue weighted by Gasteiger charge is -2.33. The van der Waals surface area contributed by atoms with Gasteiger partial charge in [0, 0.05) is 36.7 Å². The molecule has 1 N–H and O–H groups in total. The van der Waals surface area contributed by atoms with Crippen molar-refractivity contribution in [3.05, 3.63) is 41.2 Å². The summed E-state index contributed by atoms with van der Waals surface area (Å²) in [6, 6.07) is 7.65. The van der Waals surface area contributed by atoms with E-state index < -0.39 is 0 Å². The number of piperidine rings is 1. The standard InChI is InChI=1S/C21H27N3O3/c1-14-19(20(23-22-14)16-8-9-16)21(25)24-10-4-5-15(12-24)13-27-18-7-3-6-17(11-18)26-2/h3,6-7,11,15-16H,4-5,8-10,12-13H2,1-2H3,(H,22,23). The van der Waals surface area contributed by atoms with Crippen molar-refractivity contribution in [3.8, 4) is 11.5 Å². The summed E-state index contributed by atoms with van der Waals surface area (Å²) in [6.45, 7) is 4.09. The molecule has 1 atom stereocenters. The molecule has 1 saturated heterocycles. The quantitative estimate of drug-likeness (QED) is 0.846. The number of methoxy groups -OCH3 is 1. The third-order valence-corrected chi connectivity index (χ3v) is 5.49. The lowest BCUT2D eigenvalue weighted by atomic mass is 9.97. The van der Waals surface area contributed by atoms with E-state index in [2.05, 4.69) is 10.2 Å². The van der Waals surface area contributed by atoms with Crippen LogP contribution in [0.1, 0.15) is 53.3 Å². The van der Waals surface area contributed by atoms with Crippen LogP contribution in [0.3, 0.4) is 0 Å². The molecule has 2 fully saturated rings. The maximum Gasteiger partial charge on any atom is 0.257 e. The Kier molecular flexibility index (Phi) is 5.05. The number of likely N-dealkylation sites (tertiary alicyclic amines) is 1. The third-order valence-electron chi connectivity index (χ3n) is 5.49. The fourth-order valence-electron chi connectivity index (χ4n) is 3.82. The highest BCUT2D eigenvalue weighted by Gasteiger charge is 2.34. The van der Waals surface area contributed by atoms with E-state index in [1.54, 1.807) is 7.11 Å². The zero-order chi connectivity index (χ0) is 18.8. The van der Waals surface area contributed by atoms with E-state index in [0.29, 0.717) is 18.4 Å². The summed E-state index contributed by atoms with van der Waals surface area (Å²) in [5.41, 5.74) is 2.65. The molecule has 1 amide bonds. The van der Waals surface area contributed by atoms with Gasteiger partial charge in [0.1, 0.15) is 11.5 Å². The second kappa shape index (κ2) is 7.62. The molecule has 2 aromatic rings. The molecule has 0 bridgehead atoms. The average Bonchev–Trinajstić information content (AvgIpc) is 3.48. The van der Waals surface area contributed by atoms with E-state index in [-0.39, 0.29) is 5.91 Å². The second-order valence-corrected chi connectivity index (χ2v) is 7.63. The Morgan fingerprint density at radius 2 is 2.11 bits per heavy atom. The normalized spacial score (nSPS) is 19.8. The first-order valence-corrected chi connectivity index (χ1v) is 9.76. The fraction of sp³-hybridized carbons (Fsp3) is 0.524. The van der Waals surface area contributed by atoms with Crippen molar-refractivity contribution in [2.24, 2.45) is 5.92 Å². The summed E-state index contributed by atoms with van der Waals surface area (Å²) < 4.78 is 11.2. The van der Waals surface area contributed by atoms with Gasteiger partial charge in [0.15, 0.2) is 0 Å². The first kappa shape index (κ1) is 17.9. The summed E-state index contributed by atoms with van der Waals surface area (Å²) in [7, 11) is 1.65. The molecule has 1 aliphatic carbocycles. The topological polar surface area (TPSA) is 67.5 Å². The number of aromatic nitrogens is 2. The molecule has 1 aromatic carbocycles. The van der Waals surface area contributed by atoms with Gasteiger partial charge in [0.25, 0.3) is 5.91 Å². The molecule has 2 heterocycles. The minimum Gasteiger partial charge on any atom is -0.497 e. The number of ether oxygens (including phenoxy) is 2. The van der Waals surface area contributed by atoms with Gasteiger partial charge in [-0.1, -0.05) is 6.07 Å². The van der Waals surface area contributed by atoms with Crippen LogP contribution in [-0.2, 0) is 0 Å². The molecule has 0 spiro atoms. The molecule has 1 aromatic heterocycles. The fourth-order valence-corrected chi connectivity index (χ4v) is 3.82. The van der Waals surface area contributed by atoms with Crippen LogP contribution in [0.2, 0.25) is 0 Å². The largest absolute Gasteiger partial charge is 0.497 e. The zero-order valence-electron chi connectivity index (χ0n) is 16.0. The highest BCUT2D eigenvalue weighted by molar-refractivity contribution is 5.96. The molecule has 1 saturated carbocycles. The molecule has 27 heavy (non-hydrogen) atoms. The first-order valence-electron chi connectivity index (χ1n) is 9.76. The number of nitrogens with one attached hydrogen (secondary N) is 1. The number of nitrogens with zero attached hydrogens (tertiary/aromatic N) is 2. The van der Waals surface area contributed by atoms with Gasteiger partial charge < -0.3 is 14.4 Å². The van der Waals surface area contributed by atoms with Crippen LogP contribution in [0, 0.1) is 12.8 Å². The molecule has 2 aliphatic rings. The second-order valence-electron chi connectivity index (χ2n) is 7.63. The van der Waals surface area contributed by atoms with E-state index in [1.807, 2.05) is 36.1 Å². The third kappa shape index (κ3) is 3.94. The molecular weight excluding hydrogens is 342 g/mol. The number of carbonyl (C=O) groups excluding carboxylic acids is 1.